The molecule has 0 radical (unpaired) electrons. The van der Waals surface area contributed by atoms with E-state index in [1.165, 1.54) is 11.8 Å². The Morgan fingerprint density at radius 2 is 2.15 bits per heavy atom. The lowest BCUT2D eigenvalue weighted by Gasteiger charge is -2.27. The molecule has 5 nitrogen and oxygen atoms in total. The van der Waals surface area contributed by atoms with Gasteiger partial charge in [-0.2, -0.15) is 0 Å². The molecule has 0 saturated carbocycles. The summed E-state index contributed by atoms with van der Waals surface area (Å²) in [4.78, 5) is 26.9. The summed E-state index contributed by atoms with van der Waals surface area (Å²) in [5.74, 6) is -0.0209. The highest BCUT2D eigenvalue weighted by Crippen LogP contribution is 2.36. The topological polar surface area (TPSA) is 58.6 Å². The van der Waals surface area contributed by atoms with Gasteiger partial charge < -0.3 is 15.0 Å². The molecule has 20 heavy (non-hydrogen) atoms. The number of hydrogen-bond acceptors (Lipinski definition) is 4. The molecule has 2 aliphatic rings. The van der Waals surface area contributed by atoms with E-state index in [1.807, 2.05) is 19.1 Å². The van der Waals surface area contributed by atoms with Crippen molar-refractivity contribution in [3.63, 3.8) is 0 Å². The standard InChI is InChI=1S/C14H16N2O3S/c1-9-13(17)15-11-8-10(2-3-12(11)20-9)14(18)16-4-6-19-7-5-16/h2-3,8-9H,4-7H2,1H3,(H,15,17). The summed E-state index contributed by atoms with van der Waals surface area (Å²) in [5, 5.41) is 2.76. The van der Waals surface area contributed by atoms with Crippen LogP contribution in [-0.4, -0.2) is 48.3 Å². The SMILES string of the molecule is CC1Sc2ccc(C(=O)N3CCOCC3)cc2NC1=O. The molecule has 1 unspecified atom stereocenters. The van der Waals surface area contributed by atoms with E-state index in [4.69, 9.17) is 4.74 Å². The van der Waals surface area contributed by atoms with E-state index >= 15 is 0 Å². The third kappa shape index (κ3) is 2.53. The lowest BCUT2D eigenvalue weighted by atomic mass is 10.1. The minimum atomic E-state index is -0.0942. The van der Waals surface area contributed by atoms with E-state index < -0.39 is 0 Å². The Morgan fingerprint density at radius 3 is 2.90 bits per heavy atom. The van der Waals surface area contributed by atoms with Gasteiger partial charge in [-0.05, 0) is 25.1 Å². The van der Waals surface area contributed by atoms with E-state index in [0.717, 1.165) is 10.6 Å². The number of thioether (sulfide) groups is 1. The maximum absolute atomic E-state index is 12.4. The van der Waals surface area contributed by atoms with E-state index in [2.05, 4.69) is 5.32 Å². The number of amides is 2. The van der Waals surface area contributed by atoms with Crippen LogP contribution >= 0.6 is 11.8 Å². The zero-order valence-corrected chi connectivity index (χ0v) is 12.0. The second-order valence-electron chi connectivity index (χ2n) is 4.86. The quantitative estimate of drug-likeness (QED) is 0.854. The van der Waals surface area contributed by atoms with Crippen molar-refractivity contribution in [1.29, 1.82) is 0 Å². The van der Waals surface area contributed by atoms with E-state index in [9.17, 15) is 9.59 Å². The lowest BCUT2D eigenvalue weighted by Crippen LogP contribution is -2.40. The highest BCUT2D eigenvalue weighted by atomic mass is 32.2. The normalized spacial score (nSPS) is 22.1. The summed E-state index contributed by atoms with van der Waals surface area (Å²) < 4.78 is 5.25. The zero-order valence-electron chi connectivity index (χ0n) is 11.2. The number of benzene rings is 1. The molecule has 1 saturated heterocycles. The van der Waals surface area contributed by atoms with Gasteiger partial charge >= 0.3 is 0 Å². The van der Waals surface area contributed by atoms with Crippen molar-refractivity contribution in [3.05, 3.63) is 23.8 Å². The third-order valence-corrected chi connectivity index (χ3v) is 4.63. The van der Waals surface area contributed by atoms with Crippen LogP contribution in [0.5, 0.6) is 0 Å². The average molecular weight is 292 g/mol. The van der Waals surface area contributed by atoms with Crippen molar-refractivity contribution in [2.75, 3.05) is 31.6 Å². The zero-order chi connectivity index (χ0) is 14.1. The summed E-state index contributed by atoms with van der Waals surface area (Å²) in [5.41, 5.74) is 1.35. The Kier molecular flexibility index (Phi) is 3.67. The second-order valence-corrected chi connectivity index (χ2v) is 6.25. The molecule has 0 aliphatic carbocycles. The van der Waals surface area contributed by atoms with Crippen LogP contribution in [0.1, 0.15) is 17.3 Å². The number of hydrogen-bond donors (Lipinski definition) is 1. The number of nitrogens with one attached hydrogen (secondary N) is 1. The van der Waals surface area contributed by atoms with Crippen LogP contribution in [0.25, 0.3) is 0 Å². The van der Waals surface area contributed by atoms with Crippen molar-refractivity contribution in [2.24, 2.45) is 0 Å². The predicted molar refractivity (Wildman–Crippen MR) is 77.1 cm³/mol. The molecule has 6 heteroatoms. The number of ether oxygens (including phenoxy) is 1. The Morgan fingerprint density at radius 1 is 1.40 bits per heavy atom. The largest absolute Gasteiger partial charge is 0.378 e. The minimum absolute atomic E-state index is 0.00558. The number of morpholine rings is 1. The molecule has 0 aromatic heterocycles. The fraction of sp³-hybridized carbons (Fsp3) is 0.429. The maximum Gasteiger partial charge on any atom is 0.254 e. The number of fused-ring (bicyclic) bond motifs is 1. The first-order valence-electron chi connectivity index (χ1n) is 6.64. The first-order valence-corrected chi connectivity index (χ1v) is 7.52. The Balaban J connectivity index is 1.83. The highest BCUT2D eigenvalue weighted by molar-refractivity contribution is 8.00. The highest BCUT2D eigenvalue weighted by Gasteiger charge is 2.25. The molecule has 2 aliphatic heterocycles. The Hall–Kier alpha value is -1.53. The van der Waals surface area contributed by atoms with Crippen molar-refractivity contribution >= 4 is 29.3 Å². The van der Waals surface area contributed by atoms with Crippen molar-refractivity contribution in [3.8, 4) is 0 Å². The monoisotopic (exact) mass is 292 g/mol. The van der Waals surface area contributed by atoms with Crippen LogP contribution < -0.4 is 5.32 Å². The average Bonchev–Trinajstić information content (AvgIpc) is 2.48. The molecule has 1 fully saturated rings. The van der Waals surface area contributed by atoms with Gasteiger partial charge in [0.15, 0.2) is 0 Å². The molecule has 3 rings (SSSR count). The molecule has 106 valence electrons. The van der Waals surface area contributed by atoms with Crippen molar-refractivity contribution < 1.29 is 14.3 Å². The maximum atomic E-state index is 12.4. The van der Waals surface area contributed by atoms with Gasteiger partial charge in [-0.25, -0.2) is 0 Å². The molecule has 1 N–H and O–H groups in total. The molecular weight excluding hydrogens is 276 g/mol. The summed E-state index contributed by atoms with van der Waals surface area (Å²) in [6.45, 7) is 4.28. The van der Waals surface area contributed by atoms with Crippen LogP contribution in [0.3, 0.4) is 0 Å². The van der Waals surface area contributed by atoms with Gasteiger partial charge in [-0.15, -0.1) is 11.8 Å². The van der Waals surface area contributed by atoms with E-state index in [-0.39, 0.29) is 17.1 Å². The van der Waals surface area contributed by atoms with Crippen molar-refractivity contribution in [2.45, 2.75) is 17.1 Å². The Labute approximate surface area is 121 Å². The Bertz CT molecular complexity index is 555. The number of nitrogens with zero attached hydrogens (tertiary/aromatic N) is 1. The molecule has 1 aromatic rings. The van der Waals surface area contributed by atoms with Gasteiger partial charge in [0.2, 0.25) is 5.91 Å². The first-order chi connectivity index (χ1) is 9.65. The number of carbonyl (C=O) groups excluding carboxylic acids is 2. The van der Waals surface area contributed by atoms with Crippen molar-refractivity contribution in [1.82, 2.24) is 4.90 Å². The van der Waals surface area contributed by atoms with Crippen LogP contribution in [0.4, 0.5) is 5.69 Å². The summed E-state index contributed by atoms with van der Waals surface area (Å²) in [6, 6.07) is 5.50. The van der Waals surface area contributed by atoms with Crippen LogP contribution in [0.2, 0.25) is 0 Å². The second kappa shape index (κ2) is 5.46. The molecule has 0 bridgehead atoms. The summed E-state index contributed by atoms with van der Waals surface area (Å²) in [6.07, 6.45) is 0. The van der Waals surface area contributed by atoms with Crippen LogP contribution in [0, 0.1) is 0 Å². The van der Waals surface area contributed by atoms with Gasteiger partial charge in [-0.1, -0.05) is 0 Å². The summed E-state index contributed by atoms with van der Waals surface area (Å²) in [7, 11) is 0. The molecular formula is C14H16N2O3S. The van der Waals surface area contributed by atoms with Gasteiger partial charge in [0.25, 0.3) is 5.91 Å². The smallest absolute Gasteiger partial charge is 0.254 e. The molecule has 0 spiro atoms. The molecule has 1 aromatic carbocycles. The first kappa shape index (κ1) is 13.5. The molecule has 2 heterocycles. The minimum Gasteiger partial charge on any atom is -0.378 e. The van der Waals surface area contributed by atoms with Gasteiger partial charge in [0.1, 0.15) is 0 Å². The summed E-state index contributed by atoms with van der Waals surface area (Å²) >= 11 is 1.52. The number of anilines is 1. The fourth-order valence-electron chi connectivity index (χ4n) is 2.29. The van der Waals surface area contributed by atoms with Crippen LogP contribution in [-0.2, 0) is 9.53 Å². The molecule has 1 atom stereocenters. The fourth-order valence-corrected chi connectivity index (χ4v) is 3.22. The van der Waals surface area contributed by atoms with Gasteiger partial charge in [0, 0.05) is 23.5 Å². The van der Waals surface area contributed by atoms with Crippen LogP contribution in [0.15, 0.2) is 23.1 Å². The number of rotatable bonds is 1. The third-order valence-electron chi connectivity index (χ3n) is 3.46. The van der Waals surface area contributed by atoms with Gasteiger partial charge in [0.05, 0.1) is 24.2 Å². The number of carbonyl (C=O) groups is 2. The molecule has 2 amide bonds. The van der Waals surface area contributed by atoms with E-state index in [1.54, 1.807) is 11.0 Å². The predicted octanol–water partition coefficient (Wildman–Crippen LogP) is 1.59. The van der Waals surface area contributed by atoms with E-state index in [0.29, 0.717) is 31.9 Å². The van der Waals surface area contributed by atoms with Gasteiger partial charge in [-0.3, -0.25) is 9.59 Å². The lowest BCUT2D eigenvalue weighted by molar-refractivity contribution is -0.115.